The molecule has 0 radical (unpaired) electrons. The molecular weight excluding hydrogens is 302 g/mol. The fourth-order valence-corrected chi connectivity index (χ4v) is 2.20. The van der Waals surface area contributed by atoms with Crippen molar-refractivity contribution in [1.82, 2.24) is 0 Å². The number of benzene rings is 1. The average molecular weight is 314 g/mol. The highest BCUT2D eigenvalue weighted by Gasteiger charge is 2.15. The van der Waals surface area contributed by atoms with Crippen LogP contribution >= 0.6 is 28.6 Å². The molecule has 0 atom stereocenters. The smallest absolute Gasteiger partial charge is 0.310 e. The molecule has 0 saturated carbocycles. The highest BCUT2D eigenvalue weighted by Crippen LogP contribution is 2.24. The van der Waals surface area contributed by atoms with Gasteiger partial charge in [0.25, 0.3) is 0 Å². The minimum atomic E-state index is -0.342. The van der Waals surface area contributed by atoms with Gasteiger partial charge in [0.1, 0.15) is 0 Å². The Morgan fingerprint density at radius 2 is 2.29 bits per heavy atom. The molecule has 3 nitrogen and oxygen atoms in total. The highest BCUT2D eigenvalue weighted by atomic mass is 79.9. The van der Waals surface area contributed by atoms with Gasteiger partial charge in [-0.3, -0.25) is 4.79 Å². The minimum Gasteiger partial charge on any atom is -0.466 e. The third-order valence-corrected chi connectivity index (χ3v) is 3.28. The van der Waals surface area contributed by atoms with E-state index in [-0.39, 0.29) is 12.4 Å². The summed E-state index contributed by atoms with van der Waals surface area (Å²) < 4.78 is 4.88. The van der Waals surface area contributed by atoms with Gasteiger partial charge in [0.2, 0.25) is 0 Å². The Bertz CT molecular complexity index is 468. The normalized spacial score (nSPS) is 9.76. The number of thiol groups is 1. The molecule has 0 N–H and O–H groups in total. The molecule has 0 saturated heterocycles. The van der Waals surface area contributed by atoms with Crippen molar-refractivity contribution in [2.75, 3.05) is 6.61 Å². The third-order valence-electron chi connectivity index (χ3n) is 2.26. The number of hydrogen-bond donors (Lipinski definition) is 1. The van der Waals surface area contributed by atoms with Crippen molar-refractivity contribution < 1.29 is 9.53 Å². The molecular formula is C12H12BrNO2S. The number of ether oxygens (including phenoxy) is 1. The predicted octanol–water partition coefficient (Wildman–Crippen LogP) is 2.85. The van der Waals surface area contributed by atoms with Crippen LogP contribution in [0.1, 0.15) is 23.6 Å². The number of esters is 1. The van der Waals surface area contributed by atoms with Crippen LogP contribution in [-0.4, -0.2) is 12.6 Å². The summed E-state index contributed by atoms with van der Waals surface area (Å²) in [5.74, 6) is -0.342. The van der Waals surface area contributed by atoms with Gasteiger partial charge in [-0.05, 0) is 24.1 Å². The molecule has 17 heavy (non-hydrogen) atoms. The van der Waals surface area contributed by atoms with Crippen LogP contribution in [0.2, 0.25) is 0 Å². The first kappa shape index (κ1) is 14.1. The van der Waals surface area contributed by atoms with E-state index in [1.54, 1.807) is 13.0 Å². The number of rotatable bonds is 4. The van der Waals surface area contributed by atoms with Crippen LogP contribution in [0.15, 0.2) is 17.0 Å². The second-order valence-corrected chi connectivity index (χ2v) is 4.37. The Balaban J connectivity index is 3.13. The van der Waals surface area contributed by atoms with E-state index in [1.165, 1.54) is 0 Å². The predicted molar refractivity (Wildman–Crippen MR) is 71.4 cm³/mol. The van der Waals surface area contributed by atoms with Gasteiger partial charge >= 0.3 is 5.97 Å². The summed E-state index contributed by atoms with van der Waals surface area (Å²) in [6, 6.07) is 5.73. The zero-order chi connectivity index (χ0) is 12.8. The van der Waals surface area contributed by atoms with Crippen molar-refractivity contribution in [3.8, 4) is 6.07 Å². The Labute approximate surface area is 114 Å². The monoisotopic (exact) mass is 313 g/mol. The molecule has 0 aliphatic heterocycles. The lowest BCUT2D eigenvalue weighted by Crippen LogP contribution is -2.10. The lowest BCUT2D eigenvalue weighted by molar-refractivity contribution is -0.142. The quantitative estimate of drug-likeness (QED) is 0.528. The topological polar surface area (TPSA) is 50.1 Å². The summed E-state index contributed by atoms with van der Waals surface area (Å²) in [6.07, 6.45) is 0.0798. The van der Waals surface area contributed by atoms with Crippen molar-refractivity contribution in [2.45, 2.75) is 23.6 Å². The van der Waals surface area contributed by atoms with Crippen LogP contribution in [0, 0.1) is 11.3 Å². The Hall–Kier alpha value is -0.990. The number of nitrogens with zero attached hydrogens (tertiary/aromatic N) is 1. The van der Waals surface area contributed by atoms with E-state index < -0.39 is 0 Å². The molecule has 1 rings (SSSR count). The molecule has 0 bridgehead atoms. The summed E-state index contributed by atoms with van der Waals surface area (Å²) >= 11 is 7.59. The summed E-state index contributed by atoms with van der Waals surface area (Å²) in [5, 5.41) is 9.71. The maximum Gasteiger partial charge on any atom is 0.310 e. The fourth-order valence-electron chi connectivity index (χ4n) is 1.47. The number of hydrogen-bond acceptors (Lipinski definition) is 4. The van der Waals surface area contributed by atoms with Gasteiger partial charge in [-0.2, -0.15) is 5.26 Å². The lowest BCUT2D eigenvalue weighted by Gasteiger charge is -2.10. The van der Waals surface area contributed by atoms with E-state index in [1.807, 2.05) is 6.07 Å². The summed E-state index contributed by atoms with van der Waals surface area (Å²) in [6.45, 7) is 2.08. The average Bonchev–Trinajstić information content (AvgIpc) is 2.31. The van der Waals surface area contributed by atoms with Crippen molar-refractivity contribution in [3.63, 3.8) is 0 Å². The first-order chi connectivity index (χ1) is 8.13. The minimum absolute atomic E-state index is 0.0798. The van der Waals surface area contributed by atoms with Crippen LogP contribution in [0.5, 0.6) is 0 Å². The van der Waals surface area contributed by atoms with Crippen LogP contribution < -0.4 is 0 Å². The molecule has 0 fully saturated rings. The van der Waals surface area contributed by atoms with E-state index in [9.17, 15) is 4.79 Å². The molecule has 0 aliphatic carbocycles. The Morgan fingerprint density at radius 1 is 1.59 bits per heavy atom. The molecule has 0 spiro atoms. The summed E-state index contributed by atoms with van der Waals surface area (Å²) in [7, 11) is 0. The molecule has 0 amide bonds. The van der Waals surface area contributed by atoms with Crippen LogP contribution in [0.3, 0.4) is 0 Å². The van der Waals surface area contributed by atoms with Crippen LogP contribution in [0.4, 0.5) is 0 Å². The van der Waals surface area contributed by atoms with E-state index in [2.05, 4.69) is 34.6 Å². The number of carbonyl (C=O) groups is 1. The van der Waals surface area contributed by atoms with Gasteiger partial charge in [0, 0.05) is 10.2 Å². The summed E-state index contributed by atoms with van der Waals surface area (Å²) in [4.78, 5) is 12.1. The lowest BCUT2D eigenvalue weighted by atomic mass is 10.0. The van der Waals surface area contributed by atoms with Crippen molar-refractivity contribution in [1.29, 1.82) is 5.26 Å². The maximum atomic E-state index is 11.5. The van der Waals surface area contributed by atoms with Crippen LogP contribution in [-0.2, 0) is 21.3 Å². The maximum absolute atomic E-state index is 11.5. The largest absolute Gasteiger partial charge is 0.466 e. The second kappa shape index (κ2) is 6.67. The first-order valence-electron chi connectivity index (χ1n) is 5.09. The second-order valence-electron chi connectivity index (χ2n) is 3.32. The molecule has 1 aromatic carbocycles. The number of halogens is 1. The van der Waals surface area contributed by atoms with E-state index in [0.29, 0.717) is 28.0 Å². The molecule has 0 aliphatic rings. The molecule has 0 heterocycles. The van der Waals surface area contributed by atoms with Gasteiger partial charge in [-0.25, -0.2) is 0 Å². The van der Waals surface area contributed by atoms with Crippen molar-refractivity contribution in [3.05, 3.63) is 28.8 Å². The molecule has 90 valence electrons. The zero-order valence-electron chi connectivity index (χ0n) is 9.36. The SMILES string of the molecule is CCOC(=O)Cc1c(S)ccc(CBr)c1C#N. The molecule has 0 aromatic heterocycles. The van der Waals surface area contributed by atoms with E-state index in [4.69, 9.17) is 10.00 Å². The molecule has 1 aromatic rings. The van der Waals surface area contributed by atoms with E-state index >= 15 is 0 Å². The molecule has 5 heteroatoms. The van der Waals surface area contributed by atoms with Crippen molar-refractivity contribution >= 4 is 34.5 Å². The fraction of sp³-hybridized carbons (Fsp3) is 0.333. The Kier molecular flexibility index (Phi) is 5.52. The van der Waals surface area contributed by atoms with Gasteiger partial charge in [0.15, 0.2) is 0 Å². The van der Waals surface area contributed by atoms with E-state index in [0.717, 1.165) is 5.56 Å². The molecule has 0 unspecified atom stereocenters. The number of alkyl halides is 1. The van der Waals surface area contributed by atoms with Crippen molar-refractivity contribution in [2.24, 2.45) is 0 Å². The van der Waals surface area contributed by atoms with Gasteiger partial charge in [0.05, 0.1) is 24.7 Å². The van der Waals surface area contributed by atoms with Gasteiger partial charge < -0.3 is 4.74 Å². The first-order valence-corrected chi connectivity index (χ1v) is 6.66. The van der Waals surface area contributed by atoms with Gasteiger partial charge in [-0.1, -0.05) is 22.0 Å². The third kappa shape index (κ3) is 3.48. The Morgan fingerprint density at radius 3 is 2.82 bits per heavy atom. The highest BCUT2D eigenvalue weighted by molar-refractivity contribution is 9.08. The summed E-state index contributed by atoms with van der Waals surface area (Å²) in [5.41, 5.74) is 1.98. The van der Waals surface area contributed by atoms with Gasteiger partial charge in [-0.15, -0.1) is 12.6 Å². The standard InChI is InChI=1S/C12H12BrNO2S/c1-2-16-12(15)5-9-10(7-14)8(6-13)3-4-11(9)17/h3-4,17H,2,5-6H2,1H3. The van der Waals surface area contributed by atoms with Crippen LogP contribution in [0.25, 0.3) is 0 Å². The zero-order valence-corrected chi connectivity index (χ0v) is 11.8. The number of carbonyl (C=O) groups excluding carboxylic acids is 1. The number of nitriles is 1.